The van der Waals surface area contributed by atoms with Gasteiger partial charge in [-0.1, -0.05) is 207 Å². The molecule has 538 valence electrons. The molecule has 0 saturated carbocycles. The van der Waals surface area contributed by atoms with Crippen LogP contribution in [0.2, 0.25) is 36.3 Å². The number of amides is 4. The molecule has 0 saturated heterocycles. The third kappa shape index (κ3) is 14.2. The van der Waals surface area contributed by atoms with Gasteiger partial charge < -0.3 is 8.83 Å². The molecular weight excluding hydrogens is 1420 g/mol. The predicted molar refractivity (Wildman–Crippen MR) is 436 cm³/mol. The van der Waals surface area contributed by atoms with Crippen molar-refractivity contribution in [2.45, 2.75) is 222 Å². The fourth-order valence-corrected chi connectivity index (χ4v) is 36.4. The van der Waals surface area contributed by atoms with Gasteiger partial charge in [0.2, 0.25) is 0 Å². The Bertz CT molecular complexity index is 4600. The quantitative estimate of drug-likeness (QED) is 0.0220. The van der Waals surface area contributed by atoms with E-state index >= 15 is 18.4 Å². The minimum atomic E-state index is -1.95. The normalized spacial score (nSPS) is 14.1. The largest absolute Gasteiger partial charge is 0.461 e. The van der Waals surface area contributed by atoms with Crippen LogP contribution in [0.5, 0.6) is 0 Å². The van der Waals surface area contributed by atoms with E-state index in [9.17, 15) is 9.59 Å². The summed E-state index contributed by atoms with van der Waals surface area (Å²) in [7, 11) is -3.90. The van der Waals surface area contributed by atoms with E-state index in [0.717, 1.165) is 112 Å². The van der Waals surface area contributed by atoms with Crippen LogP contribution in [0.1, 0.15) is 224 Å². The molecule has 10 heterocycles. The number of furan rings is 2. The van der Waals surface area contributed by atoms with Crippen LogP contribution in [0, 0.1) is 49.7 Å². The van der Waals surface area contributed by atoms with Crippen LogP contribution in [0.3, 0.4) is 0 Å². The SMILES string of the molecule is C#CC(CC)CN1C(=O)c2c(-c3cc4c(-c5ccc([Si](CCCC)(CCCC)CCCC)s5)c5oc(C)cc5c(-c5ccc([Si](CCCC)(CCCC)CCCC)s5)c4o3)sc(-c3ccc(-c4ccc(-c5ccc(-c6sc(C)c7c6C(=O)N(CC(CC)CCCC)C7=O)s5)c(F)c4F)s3)c2C1=O. The molecule has 2 aliphatic rings. The Morgan fingerprint density at radius 3 is 1.31 bits per heavy atom. The molecule has 2 unspecified atom stereocenters. The fraction of sp³-hybridized carbons (Fsp3) is 0.452. The lowest BCUT2D eigenvalue weighted by Gasteiger charge is -2.31. The van der Waals surface area contributed by atoms with Crippen molar-refractivity contribution in [3.63, 3.8) is 0 Å². The second kappa shape index (κ2) is 32.7. The number of carbonyl (C=O) groups is 4. The van der Waals surface area contributed by atoms with Crippen LogP contribution in [0.4, 0.5) is 8.78 Å². The van der Waals surface area contributed by atoms with E-state index in [0.29, 0.717) is 69.6 Å². The van der Waals surface area contributed by atoms with Crippen molar-refractivity contribution in [2.75, 3.05) is 13.1 Å². The average molecular weight is 1520 g/mol. The summed E-state index contributed by atoms with van der Waals surface area (Å²) in [4.78, 5) is 68.3. The highest BCUT2D eigenvalue weighted by Crippen LogP contribution is 2.55. The highest BCUT2D eigenvalue weighted by Gasteiger charge is 2.46. The van der Waals surface area contributed by atoms with E-state index in [1.165, 1.54) is 130 Å². The Balaban J connectivity index is 0.985. The number of unbranched alkanes of at least 4 members (excludes halogenated alkanes) is 7. The Hall–Kier alpha value is -6.15. The first-order valence-electron chi connectivity index (χ1n) is 37.8. The minimum Gasteiger partial charge on any atom is -0.461 e. The lowest BCUT2D eigenvalue weighted by atomic mass is 9.99. The molecule has 0 aliphatic carbocycles. The summed E-state index contributed by atoms with van der Waals surface area (Å²) >= 11 is 9.07. The maximum absolute atomic E-state index is 17.1. The van der Waals surface area contributed by atoms with Gasteiger partial charge in [-0.2, -0.15) is 0 Å². The van der Waals surface area contributed by atoms with Gasteiger partial charge in [0.15, 0.2) is 11.6 Å². The van der Waals surface area contributed by atoms with Crippen molar-refractivity contribution < 1.29 is 36.8 Å². The summed E-state index contributed by atoms with van der Waals surface area (Å²) in [5.74, 6) is 0.409. The van der Waals surface area contributed by atoms with Gasteiger partial charge in [0.05, 0.1) is 53.0 Å². The van der Waals surface area contributed by atoms with Gasteiger partial charge in [0.1, 0.15) is 22.7 Å². The first kappa shape index (κ1) is 75.5. The molecule has 12 rings (SSSR count). The number of carbonyl (C=O) groups excluding carboxylic acids is 4. The van der Waals surface area contributed by atoms with Crippen molar-refractivity contribution >= 4 is 139 Å². The second-order valence-electron chi connectivity index (χ2n) is 28.7. The molecule has 10 aromatic rings. The number of halogens is 2. The van der Waals surface area contributed by atoms with Crippen molar-refractivity contribution in [3.8, 4) is 84.3 Å². The van der Waals surface area contributed by atoms with Gasteiger partial charge in [0, 0.05) is 86.2 Å². The molecule has 0 radical (unpaired) electrons. The molecule has 0 bridgehead atoms. The maximum Gasteiger partial charge on any atom is 0.263 e. The van der Waals surface area contributed by atoms with Gasteiger partial charge in [-0.15, -0.1) is 80.4 Å². The fourth-order valence-electron chi connectivity index (χ4n) is 15.8. The summed E-state index contributed by atoms with van der Waals surface area (Å²) < 4.78 is 51.7. The Morgan fingerprint density at radius 1 is 0.441 bits per heavy atom. The summed E-state index contributed by atoms with van der Waals surface area (Å²) in [6, 6.07) is 31.8. The number of hydrogen-bond acceptors (Lipinski definition) is 12. The molecule has 18 heteroatoms. The van der Waals surface area contributed by atoms with Crippen molar-refractivity contribution in [1.82, 2.24) is 9.80 Å². The van der Waals surface area contributed by atoms with E-state index in [1.54, 1.807) is 33.3 Å². The van der Waals surface area contributed by atoms with Crippen LogP contribution in [-0.4, -0.2) is 62.7 Å². The maximum atomic E-state index is 17.1. The minimum absolute atomic E-state index is 0.0378. The molecule has 2 aromatic carbocycles. The number of thiophene rings is 6. The summed E-state index contributed by atoms with van der Waals surface area (Å²) in [6.45, 7) is 24.4. The van der Waals surface area contributed by atoms with Gasteiger partial charge in [0.25, 0.3) is 23.6 Å². The molecular formula is C84H98F2N2O6S6Si2. The summed E-state index contributed by atoms with van der Waals surface area (Å²) in [5, 5.41) is 1.87. The monoisotopic (exact) mass is 1520 g/mol. The number of benzene rings is 2. The molecule has 2 atom stereocenters. The molecule has 4 amide bonds. The van der Waals surface area contributed by atoms with Crippen molar-refractivity contribution in [2.24, 2.45) is 11.8 Å². The molecule has 8 aromatic heterocycles. The molecule has 0 N–H and O–H groups in total. The first-order chi connectivity index (χ1) is 49.4. The van der Waals surface area contributed by atoms with E-state index in [4.69, 9.17) is 15.3 Å². The van der Waals surface area contributed by atoms with Crippen LogP contribution in [0.15, 0.2) is 81.6 Å². The number of nitrogens with zero attached hydrogens (tertiary/aromatic N) is 2. The smallest absolute Gasteiger partial charge is 0.263 e. The van der Waals surface area contributed by atoms with Crippen LogP contribution >= 0.6 is 68.0 Å². The van der Waals surface area contributed by atoms with Gasteiger partial charge in [-0.3, -0.25) is 29.0 Å². The highest BCUT2D eigenvalue weighted by atomic mass is 32.1. The zero-order valence-corrected chi connectivity index (χ0v) is 68.3. The zero-order chi connectivity index (χ0) is 72.3. The Kier molecular flexibility index (Phi) is 24.2. The number of fused-ring (bicyclic) bond motifs is 4. The van der Waals surface area contributed by atoms with E-state index in [2.05, 4.69) is 97.7 Å². The topological polar surface area (TPSA) is 101 Å². The lowest BCUT2D eigenvalue weighted by Crippen LogP contribution is -2.45. The van der Waals surface area contributed by atoms with Gasteiger partial charge in [-0.25, -0.2) is 8.78 Å². The molecule has 2 aliphatic heterocycles. The zero-order valence-electron chi connectivity index (χ0n) is 61.4. The lowest BCUT2D eigenvalue weighted by molar-refractivity contribution is 0.0615. The van der Waals surface area contributed by atoms with Crippen LogP contribution in [0.25, 0.3) is 93.8 Å². The molecule has 102 heavy (non-hydrogen) atoms. The van der Waals surface area contributed by atoms with Crippen LogP contribution in [-0.2, 0) is 0 Å². The van der Waals surface area contributed by atoms with Crippen LogP contribution < -0.4 is 9.00 Å². The summed E-state index contributed by atoms with van der Waals surface area (Å²) in [5.41, 5.74) is 4.92. The summed E-state index contributed by atoms with van der Waals surface area (Å²) in [6.07, 6.45) is 24.8. The van der Waals surface area contributed by atoms with Crippen molar-refractivity contribution in [3.05, 3.63) is 117 Å². The van der Waals surface area contributed by atoms with Gasteiger partial charge in [-0.05, 0) is 102 Å². The van der Waals surface area contributed by atoms with E-state index < -0.39 is 39.6 Å². The standard InChI is InChI=1S/C84H98F2N2O6S6Si2/c1-13-23-30-54(22-10)50-88-81(89)68-52(12)95-79(71(68)82(88)90)64-35-33-60(96-64)55-31-32-56(75(86)74(55)85)61-34-36-65(97-61)80-73-72(83(91)87(84(73)92)49-53(20-8)21-9)78(100-80)59-48-58-70(63-38-40-67(99-63)102(44-27-17-5,45-28-18-6)46-29-19-7)76-57(47-51(11)93-76)69(77(58)94-59)62-37-39-66(98-62)101(41-24-14-2,42-25-15-3)43-26-16-4/h8,31-40,47-48,53-54H,13-19,21-30,41-46,49-50H2,1-7,9-12H3. The van der Waals surface area contributed by atoms with Gasteiger partial charge >= 0.3 is 0 Å². The third-order valence-electron chi connectivity index (χ3n) is 21.8. The number of imide groups is 2. The highest BCUT2D eigenvalue weighted by molar-refractivity contribution is 7.30. The number of rotatable bonds is 36. The number of aryl methyl sites for hydroxylation is 2. The molecule has 0 fully saturated rings. The predicted octanol–water partition coefficient (Wildman–Crippen LogP) is 26.3. The number of hydrogen-bond donors (Lipinski definition) is 0. The second-order valence-corrected chi connectivity index (χ2v) is 45.2. The first-order valence-corrected chi connectivity index (χ1v) is 47.9. The van der Waals surface area contributed by atoms with E-state index in [-0.39, 0.29) is 52.4 Å². The number of terminal acetylenes is 1. The Morgan fingerprint density at radius 2 is 0.853 bits per heavy atom. The molecule has 8 nitrogen and oxygen atoms in total. The third-order valence-corrected chi connectivity index (χ3v) is 42.1. The van der Waals surface area contributed by atoms with E-state index in [1.807, 2.05) is 55.6 Å². The molecule has 0 spiro atoms. The van der Waals surface area contributed by atoms with Crippen molar-refractivity contribution in [1.29, 1.82) is 0 Å². The average Bonchev–Trinajstić information content (AvgIpc) is 1.55. The Labute approximate surface area is 628 Å².